The number of hydrogen-bond acceptors (Lipinski definition) is 7. The van der Waals surface area contributed by atoms with E-state index in [1.807, 2.05) is 24.3 Å². The van der Waals surface area contributed by atoms with Gasteiger partial charge in [-0.1, -0.05) is 18.2 Å². The van der Waals surface area contributed by atoms with Crippen LogP contribution in [0.4, 0.5) is 11.4 Å². The summed E-state index contributed by atoms with van der Waals surface area (Å²) in [6.07, 6.45) is 1.64. The van der Waals surface area contributed by atoms with Crippen molar-refractivity contribution in [3.05, 3.63) is 42.0 Å². The summed E-state index contributed by atoms with van der Waals surface area (Å²) < 4.78 is 16.3. The second kappa shape index (κ2) is 7.20. The molecule has 176 valence electrons. The summed E-state index contributed by atoms with van der Waals surface area (Å²) in [4.78, 5) is 44.9. The number of benzene rings is 2. The standard InChI is InChI=1S/C25H25N3O6/c1-32-17-11-13(12-18(33-2)21(17)34-3)28-22(29)19-16-9-6-10-27(16)25(20(19)23(28)30)14-7-4-5-8-15(14)26-24(25)31/h4-5,7-8,11-12,16,19-20H,6,9-10H2,1-3H3,(H,26,31). The minimum absolute atomic E-state index is 0.176. The Bertz CT molecular complexity index is 1220. The first kappa shape index (κ1) is 21.0. The Labute approximate surface area is 196 Å². The number of carbonyl (C=O) groups is 3. The maximum absolute atomic E-state index is 14.1. The summed E-state index contributed by atoms with van der Waals surface area (Å²) in [6.45, 7) is 0.671. The Kier molecular flexibility index (Phi) is 4.44. The molecule has 4 aliphatic rings. The van der Waals surface area contributed by atoms with Crippen molar-refractivity contribution in [2.75, 3.05) is 38.1 Å². The topological polar surface area (TPSA) is 97.4 Å². The average Bonchev–Trinajstić information content (AvgIpc) is 3.56. The van der Waals surface area contributed by atoms with Gasteiger partial charge < -0.3 is 19.5 Å². The molecule has 3 fully saturated rings. The predicted octanol–water partition coefficient (Wildman–Crippen LogP) is 2.14. The van der Waals surface area contributed by atoms with Crippen LogP contribution in [0.1, 0.15) is 18.4 Å². The van der Waals surface area contributed by atoms with E-state index in [0.717, 1.165) is 18.4 Å². The van der Waals surface area contributed by atoms with Gasteiger partial charge in [0, 0.05) is 29.4 Å². The van der Waals surface area contributed by atoms with Gasteiger partial charge in [-0.05, 0) is 25.5 Å². The molecule has 0 radical (unpaired) electrons. The van der Waals surface area contributed by atoms with Crippen molar-refractivity contribution >= 4 is 29.1 Å². The van der Waals surface area contributed by atoms with Gasteiger partial charge >= 0.3 is 0 Å². The second-order valence-electron chi connectivity index (χ2n) is 9.07. The Morgan fingerprint density at radius 2 is 1.68 bits per heavy atom. The molecule has 0 aromatic heterocycles. The third-order valence-corrected chi connectivity index (χ3v) is 7.81. The molecule has 3 amide bonds. The highest BCUT2D eigenvalue weighted by atomic mass is 16.5. The number of para-hydroxylation sites is 1. The number of rotatable bonds is 4. The van der Waals surface area contributed by atoms with Crippen LogP contribution in [0.3, 0.4) is 0 Å². The third-order valence-electron chi connectivity index (χ3n) is 7.81. The molecule has 0 saturated carbocycles. The molecule has 0 aliphatic carbocycles. The molecule has 2 aromatic rings. The lowest BCUT2D eigenvalue weighted by atomic mass is 9.75. The van der Waals surface area contributed by atoms with Gasteiger partial charge in [-0.25, -0.2) is 4.90 Å². The van der Waals surface area contributed by atoms with Gasteiger partial charge in [-0.2, -0.15) is 0 Å². The van der Waals surface area contributed by atoms with Gasteiger partial charge in [0.25, 0.3) is 0 Å². The van der Waals surface area contributed by atoms with Crippen molar-refractivity contribution in [2.45, 2.75) is 24.4 Å². The van der Waals surface area contributed by atoms with Crippen LogP contribution < -0.4 is 24.4 Å². The van der Waals surface area contributed by atoms with Crippen LogP contribution in [0.5, 0.6) is 17.2 Å². The number of fused-ring (bicyclic) bond motifs is 7. The zero-order valence-electron chi connectivity index (χ0n) is 19.2. The fourth-order valence-electron chi connectivity index (χ4n) is 6.61. The van der Waals surface area contributed by atoms with E-state index in [2.05, 4.69) is 10.2 Å². The highest BCUT2D eigenvalue weighted by Gasteiger charge is 2.74. The smallest absolute Gasteiger partial charge is 0.250 e. The van der Waals surface area contributed by atoms with Gasteiger partial charge in [-0.15, -0.1) is 0 Å². The number of nitrogens with one attached hydrogen (secondary N) is 1. The Morgan fingerprint density at radius 1 is 0.971 bits per heavy atom. The summed E-state index contributed by atoms with van der Waals surface area (Å²) in [5, 5.41) is 2.98. The Morgan fingerprint density at radius 3 is 2.35 bits per heavy atom. The molecule has 34 heavy (non-hydrogen) atoms. The number of amides is 3. The molecule has 4 heterocycles. The van der Waals surface area contributed by atoms with Crippen LogP contribution >= 0.6 is 0 Å². The SMILES string of the molecule is COc1cc(N2C(=O)C3C4CCCN4C4(C(=O)Nc5ccccc54)C3C2=O)cc(OC)c1OC. The Hall–Kier alpha value is -3.59. The van der Waals surface area contributed by atoms with E-state index >= 15 is 0 Å². The Balaban J connectivity index is 1.52. The van der Waals surface area contributed by atoms with Crippen LogP contribution in [0.2, 0.25) is 0 Å². The van der Waals surface area contributed by atoms with E-state index < -0.39 is 17.4 Å². The molecule has 3 saturated heterocycles. The molecular formula is C25H25N3O6. The molecule has 0 bridgehead atoms. The minimum atomic E-state index is -1.19. The maximum atomic E-state index is 14.1. The summed E-state index contributed by atoms with van der Waals surface area (Å²) in [5.41, 5.74) is 0.618. The van der Waals surface area contributed by atoms with Gasteiger partial charge in [0.2, 0.25) is 23.5 Å². The average molecular weight is 463 g/mol. The number of ether oxygens (including phenoxy) is 3. The third kappa shape index (κ3) is 2.34. The van der Waals surface area contributed by atoms with Crippen molar-refractivity contribution in [1.82, 2.24) is 4.90 Å². The van der Waals surface area contributed by atoms with Crippen molar-refractivity contribution in [2.24, 2.45) is 11.8 Å². The minimum Gasteiger partial charge on any atom is -0.493 e. The summed E-state index contributed by atoms with van der Waals surface area (Å²) in [5.74, 6) is -1.28. The largest absolute Gasteiger partial charge is 0.493 e. The maximum Gasteiger partial charge on any atom is 0.250 e. The van der Waals surface area contributed by atoms with Crippen LogP contribution in [-0.4, -0.2) is 56.5 Å². The first-order valence-electron chi connectivity index (χ1n) is 11.3. The molecule has 9 nitrogen and oxygen atoms in total. The molecule has 2 aromatic carbocycles. The summed E-state index contributed by atoms with van der Waals surface area (Å²) in [7, 11) is 4.45. The van der Waals surface area contributed by atoms with Crippen LogP contribution in [0.15, 0.2) is 36.4 Å². The van der Waals surface area contributed by atoms with E-state index in [9.17, 15) is 14.4 Å². The summed E-state index contributed by atoms with van der Waals surface area (Å²) in [6, 6.07) is 10.5. The van der Waals surface area contributed by atoms with Crippen LogP contribution in [-0.2, 0) is 19.9 Å². The molecule has 4 aliphatic heterocycles. The highest BCUT2D eigenvalue weighted by molar-refractivity contribution is 6.26. The van der Waals surface area contributed by atoms with E-state index in [1.54, 1.807) is 12.1 Å². The quantitative estimate of drug-likeness (QED) is 0.694. The number of methoxy groups -OCH3 is 3. The highest BCUT2D eigenvalue weighted by Crippen LogP contribution is 2.61. The molecular weight excluding hydrogens is 438 g/mol. The number of anilines is 2. The lowest BCUT2D eigenvalue weighted by Crippen LogP contribution is -2.54. The first-order valence-corrected chi connectivity index (χ1v) is 11.3. The summed E-state index contributed by atoms with van der Waals surface area (Å²) >= 11 is 0. The van der Waals surface area contributed by atoms with Gasteiger partial charge in [-0.3, -0.25) is 19.3 Å². The van der Waals surface area contributed by atoms with E-state index in [4.69, 9.17) is 14.2 Å². The van der Waals surface area contributed by atoms with Crippen molar-refractivity contribution in [3.63, 3.8) is 0 Å². The van der Waals surface area contributed by atoms with E-state index in [1.165, 1.54) is 26.2 Å². The zero-order valence-corrected chi connectivity index (χ0v) is 19.2. The monoisotopic (exact) mass is 463 g/mol. The number of imide groups is 1. The fraction of sp³-hybridized carbons (Fsp3) is 0.400. The van der Waals surface area contributed by atoms with Crippen molar-refractivity contribution < 1.29 is 28.6 Å². The molecule has 4 atom stereocenters. The van der Waals surface area contributed by atoms with Crippen LogP contribution in [0, 0.1) is 11.8 Å². The normalized spacial score (nSPS) is 29.3. The number of nitrogens with zero attached hydrogens (tertiary/aromatic N) is 2. The number of carbonyl (C=O) groups excluding carboxylic acids is 3. The van der Waals surface area contributed by atoms with Gasteiger partial charge in [0.1, 0.15) is 5.54 Å². The molecule has 6 rings (SSSR count). The molecule has 1 spiro atoms. The van der Waals surface area contributed by atoms with Crippen molar-refractivity contribution in [1.29, 1.82) is 0 Å². The zero-order chi connectivity index (χ0) is 23.8. The van der Waals surface area contributed by atoms with Gasteiger partial charge in [0.15, 0.2) is 11.5 Å². The van der Waals surface area contributed by atoms with Gasteiger partial charge in [0.05, 0.1) is 38.9 Å². The fourth-order valence-corrected chi connectivity index (χ4v) is 6.61. The molecule has 1 N–H and O–H groups in total. The van der Waals surface area contributed by atoms with Crippen LogP contribution in [0.25, 0.3) is 0 Å². The number of hydrogen-bond donors (Lipinski definition) is 1. The van der Waals surface area contributed by atoms with E-state index in [-0.39, 0.29) is 23.8 Å². The lowest BCUT2D eigenvalue weighted by Gasteiger charge is -2.36. The first-order chi connectivity index (χ1) is 16.5. The van der Waals surface area contributed by atoms with E-state index in [0.29, 0.717) is 35.2 Å². The second-order valence-corrected chi connectivity index (χ2v) is 9.07. The van der Waals surface area contributed by atoms with Crippen molar-refractivity contribution in [3.8, 4) is 17.2 Å². The molecule has 4 unspecified atom stereocenters. The molecule has 9 heteroatoms. The predicted molar refractivity (Wildman–Crippen MR) is 122 cm³/mol. The lowest BCUT2D eigenvalue weighted by molar-refractivity contribution is -0.135.